The van der Waals surface area contributed by atoms with Crippen LogP contribution in [0.2, 0.25) is 0 Å². The summed E-state index contributed by atoms with van der Waals surface area (Å²) in [5.41, 5.74) is 9.25. The third-order valence-electron chi connectivity index (χ3n) is 4.38. The van der Waals surface area contributed by atoms with Gasteiger partial charge in [-0.3, -0.25) is 4.79 Å². The third-order valence-corrected chi connectivity index (χ3v) is 4.38. The second-order valence-corrected chi connectivity index (χ2v) is 5.96. The van der Waals surface area contributed by atoms with Crippen LogP contribution in [0.25, 0.3) is 0 Å². The fourth-order valence-electron chi connectivity index (χ4n) is 3.42. The average molecular weight is 311 g/mol. The number of nitrogens with two attached hydrogens (primary N) is 1. The third kappa shape index (κ3) is 3.98. The Hall–Kier alpha value is -1.06. The molecule has 2 N–H and O–H groups in total. The first kappa shape index (κ1) is 18.0. The zero-order valence-corrected chi connectivity index (χ0v) is 14.1. The van der Waals surface area contributed by atoms with E-state index < -0.39 is 0 Å². The lowest BCUT2D eigenvalue weighted by atomic mass is 9.94. The molecule has 4 heteroatoms. The number of rotatable bonds is 4. The summed E-state index contributed by atoms with van der Waals surface area (Å²) in [5.74, 6) is 0.730. The van der Waals surface area contributed by atoms with E-state index in [-0.39, 0.29) is 24.2 Å². The molecule has 1 amide bonds. The summed E-state index contributed by atoms with van der Waals surface area (Å²) in [4.78, 5) is 14.8. The first-order chi connectivity index (χ1) is 9.56. The zero-order valence-electron chi connectivity index (χ0n) is 13.3. The van der Waals surface area contributed by atoms with Crippen LogP contribution in [-0.4, -0.2) is 19.0 Å². The van der Waals surface area contributed by atoms with Gasteiger partial charge < -0.3 is 10.6 Å². The number of nitrogens with zero attached hydrogens (tertiary/aromatic N) is 1. The van der Waals surface area contributed by atoms with Crippen LogP contribution >= 0.6 is 12.4 Å². The Kier molecular flexibility index (Phi) is 6.69. The van der Waals surface area contributed by atoms with Gasteiger partial charge in [0.1, 0.15) is 0 Å². The number of amides is 1. The fourth-order valence-corrected chi connectivity index (χ4v) is 3.42. The molecule has 1 aromatic carbocycles. The van der Waals surface area contributed by atoms with Crippen LogP contribution in [0, 0.1) is 25.7 Å². The zero-order chi connectivity index (χ0) is 14.7. The minimum absolute atomic E-state index is 0. The van der Waals surface area contributed by atoms with Crippen LogP contribution in [0.5, 0.6) is 0 Å². The average Bonchev–Trinajstić information content (AvgIpc) is 2.86. The molecule has 118 valence electrons. The second kappa shape index (κ2) is 7.81. The van der Waals surface area contributed by atoms with Crippen molar-refractivity contribution in [2.45, 2.75) is 40.0 Å². The Morgan fingerprint density at radius 1 is 1.24 bits per heavy atom. The second-order valence-electron chi connectivity index (χ2n) is 5.96. The largest absolute Gasteiger partial charge is 0.330 e. The van der Waals surface area contributed by atoms with Gasteiger partial charge in [-0.25, -0.2) is 0 Å². The molecule has 0 aromatic heterocycles. The Balaban J connectivity index is 0.00000220. The number of carbonyl (C=O) groups excluding carboxylic acids is 1. The van der Waals surface area contributed by atoms with E-state index in [1.54, 1.807) is 0 Å². The predicted octanol–water partition coefficient (Wildman–Crippen LogP) is 3.45. The van der Waals surface area contributed by atoms with E-state index in [0.717, 1.165) is 31.5 Å². The minimum atomic E-state index is 0. The molecular formula is C17H27ClN2O. The molecule has 1 saturated carbocycles. The molecule has 0 heterocycles. The van der Waals surface area contributed by atoms with E-state index in [0.29, 0.717) is 12.5 Å². The van der Waals surface area contributed by atoms with E-state index in [1.165, 1.54) is 11.1 Å². The minimum Gasteiger partial charge on any atom is -0.330 e. The summed E-state index contributed by atoms with van der Waals surface area (Å²) >= 11 is 0. The summed E-state index contributed by atoms with van der Waals surface area (Å²) in [7, 11) is 0. The highest BCUT2D eigenvalue weighted by Crippen LogP contribution is 2.33. The van der Waals surface area contributed by atoms with Crippen molar-refractivity contribution >= 4 is 24.0 Å². The fraction of sp³-hybridized carbons (Fsp3) is 0.588. The van der Waals surface area contributed by atoms with Crippen molar-refractivity contribution in [1.82, 2.24) is 0 Å². The molecule has 2 rings (SSSR count). The number of halogens is 1. The summed E-state index contributed by atoms with van der Waals surface area (Å²) in [6.45, 7) is 7.54. The molecule has 1 aromatic rings. The quantitative estimate of drug-likeness (QED) is 0.926. The first-order valence-electron chi connectivity index (χ1n) is 7.66. The van der Waals surface area contributed by atoms with Gasteiger partial charge in [-0.05, 0) is 69.3 Å². The molecule has 0 aliphatic heterocycles. The van der Waals surface area contributed by atoms with Gasteiger partial charge in [0.15, 0.2) is 0 Å². The van der Waals surface area contributed by atoms with E-state index in [1.807, 2.05) is 11.8 Å². The van der Waals surface area contributed by atoms with Gasteiger partial charge in [-0.15, -0.1) is 12.4 Å². The standard InChI is InChI=1S/C17H26N2O.ClH/c1-4-19(15-9-12(2)8-13(3)10-15)17(20)16-7-5-6-14(16)11-18;/h8-10,14,16H,4-7,11,18H2,1-3H3;1H/t14-,16-;/m1./s1. The lowest BCUT2D eigenvalue weighted by Crippen LogP contribution is -2.39. The van der Waals surface area contributed by atoms with Crippen molar-refractivity contribution in [2.75, 3.05) is 18.0 Å². The summed E-state index contributed by atoms with van der Waals surface area (Å²) < 4.78 is 0. The van der Waals surface area contributed by atoms with Crippen LogP contribution in [0.3, 0.4) is 0 Å². The van der Waals surface area contributed by atoms with Gasteiger partial charge in [-0.2, -0.15) is 0 Å². The topological polar surface area (TPSA) is 46.3 Å². The lowest BCUT2D eigenvalue weighted by molar-refractivity contribution is -0.123. The van der Waals surface area contributed by atoms with Crippen LogP contribution in [0.15, 0.2) is 18.2 Å². The van der Waals surface area contributed by atoms with Crippen molar-refractivity contribution in [2.24, 2.45) is 17.6 Å². The van der Waals surface area contributed by atoms with Crippen LogP contribution in [-0.2, 0) is 4.79 Å². The number of benzene rings is 1. The Labute approximate surface area is 134 Å². The highest BCUT2D eigenvalue weighted by Gasteiger charge is 2.34. The molecule has 0 saturated heterocycles. The summed E-state index contributed by atoms with van der Waals surface area (Å²) in [6.07, 6.45) is 3.21. The van der Waals surface area contributed by atoms with Gasteiger partial charge in [0.05, 0.1) is 0 Å². The molecule has 1 fully saturated rings. The Morgan fingerprint density at radius 3 is 2.38 bits per heavy atom. The maximum absolute atomic E-state index is 12.8. The lowest BCUT2D eigenvalue weighted by Gasteiger charge is -2.27. The van der Waals surface area contributed by atoms with Crippen LogP contribution in [0.4, 0.5) is 5.69 Å². The predicted molar refractivity (Wildman–Crippen MR) is 91.1 cm³/mol. The maximum atomic E-state index is 12.8. The SMILES string of the molecule is CCN(C(=O)[C@@H]1CCC[C@@H]1CN)c1cc(C)cc(C)c1.Cl. The molecule has 0 bridgehead atoms. The highest BCUT2D eigenvalue weighted by atomic mass is 35.5. The van der Waals surface area contributed by atoms with Gasteiger partial charge in [0.2, 0.25) is 5.91 Å². The van der Waals surface area contributed by atoms with Crippen molar-refractivity contribution < 1.29 is 4.79 Å². The Morgan fingerprint density at radius 2 is 1.86 bits per heavy atom. The monoisotopic (exact) mass is 310 g/mol. The number of anilines is 1. The van der Waals surface area contributed by atoms with Crippen LogP contribution in [0.1, 0.15) is 37.3 Å². The smallest absolute Gasteiger partial charge is 0.230 e. The van der Waals surface area contributed by atoms with Crippen molar-refractivity contribution in [3.05, 3.63) is 29.3 Å². The molecule has 21 heavy (non-hydrogen) atoms. The van der Waals surface area contributed by atoms with E-state index in [9.17, 15) is 4.79 Å². The van der Waals surface area contributed by atoms with Crippen molar-refractivity contribution in [3.8, 4) is 0 Å². The maximum Gasteiger partial charge on any atom is 0.230 e. The summed E-state index contributed by atoms with van der Waals surface area (Å²) in [5, 5.41) is 0. The molecule has 1 aliphatic carbocycles. The molecule has 0 spiro atoms. The van der Waals surface area contributed by atoms with Crippen molar-refractivity contribution in [1.29, 1.82) is 0 Å². The normalized spacial score (nSPS) is 21.0. The number of hydrogen-bond acceptors (Lipinski definition) is 2. The number of carbonyl (C=O) groups is 1. The van der Waals surface area contributed by atoms with Gasteiger partial charge in [-0.1, -0.05) is 12.5 Å². The summed E-state index contributed by atoms with van der Waals surface area (Å²) in [6, 6.07) is 6.33. The van der Waals surface area contributed by atoms with E-state index >= 15 is 0 Å². The number of hydrogen-bond donors (Lipinski definition) is 1. The first-order valence-corrected chi connectivity index (χ1v) is 7.66. The van der Waals surface area contributed by atoms with Gasteiger partial charge >= 0.3 is 0 Å². The van der Waals surface area contributed by atoms with E-state index in [4.69, 9.17) is 5.73 Å². The molecular weight excluding hydrogens is 284 g/mol. The highest BCUT2D eigenvalue weighted by molar-refractivity contribution is 5.95. The molecule has 1 aliphatic rings. The number of aryl methyl sites for hydroxylation is 2. The molecule has 0 radical (unpaired) electrons. The molecule has 2 atom stereocenters. The Bertz CT molecular complexity index is 469. The molecule has 0 unspecified atom stereocenters. The van der Waals surface area contributed by atoms with Gasteiger partial charge in [0.25, 0.3) is 0 Å². The van der Waals surface area contributed by atoms with Gasteiger partial charge in [0, 0.05) is 18.2 Å². The van der Waals surface area contributed by atoms with Crippen molar-refractivity contribution in [3.63, 3.8) is 0 Å². The molecule has 3 nitrogen and oxygen atoms in total. The van der Waals surface area contributed by atoms with E-state index in [2.05, 4.69) is 32.0 Å². The van der Waals surface area contributed by atoms with Crippen LogP contribution < -0.4 is 10.6 Å².